The molecule has 1 amide bonds. The number of hydrogen-bond donors (Lipinski definition) is 1. The highest BCUT2D eigenvalue weighted by atomic mass is 16.1. The maximum atomic E-state index is 11.7. The molecule has 0 radical (unpaired) electrons. The Bertz CT molecular complexity index is 374. The molecule has 0 bridgehead atoms. The zero-order valence-corrected chi connectivity index (χ0v) is 9.81. The lowest BCUT2D eigenvalue weighted by atomic mass is 10.2. The molecule has 2 heterocycles. The Kier molecular flexibility index (Phi) is 3.24. The molecule has 5 heteroatoms. The second-order valence-corrected chi connectivity index (χ2v) is 4.39. The monoisotopic (exact) mass is 222 g/mol. The molecule has 1 aliphatic rings. The molecule has 1 atom stereocenters. The standard InChI is InChI=1S/C11H18N4O/c1-14-5-3-4-10(14)7-12-11(16)9-6-13-15(2)8-9/h6,8,10H,3-5,7H2,1-2H3,(H,12,16). The van der Waals surface area contributed by atoms with Crippen LogP contribution in [0.3, 0.4) is 0 Å². The molecular formula is C11H18N4O. The predicted octanol–water partition coefficient (Wildman–Crippen LogP) is 0.244. The van der Waals surface area contributed by atoms with Crippen molar-refractivity contribution in [3.63, 3.8) is 0 Å². The van der Waals surface area contributed by atoms with Gasteiger partial charge in [0.25, 0.3) is 5.91 Å². The number of likely N-dealkylation sites (N-methyl/N-ethyl adjacent to an activating group) is 1. The van der Waals surface area contributed by atoms with Crippen molar-refractivity contribution < 1.29 is 4.79 Å². The van der Waals surface area contributed by atoms with Gasteiger partial charge < -0.3 is 10.2 Å². The number of aryl methyl sites for hydroxylation is 1. The van der Waals surface area contributed by atoms with Crippen LogP contribution in [0.25, 0.3) is 0 Å². The summed E-state index contributed by atoms with van der Waals surface area (Å²) in [5.74, 6) is -0.0339. The second-order valence-electron chi connectivity index (χ2n) is 4.39. The summed E-state index contributed by atoms with van der Waals surface area (Å²) >= 11 is 0. The number of hydrogen-bond acceptors (Lipinski definition) is 3. The van der Waals surface area contributed by atoms with Crippen molar-refractivity contribution in [3.05, 3.63) is 18.0 Å². The highest BCUT2D eigenvalue weighted by molar-refractivity contribution is 5.93. The zero-order chi connectivity index (χ0) is 11.5. The molecule has 0 spiro atoms. The summed E-state index contributed by atoms with van der Waals surface area (Å²) in [6, 6.07) is 0.487. The van der Waals surface area contributed by atoms with E-state index in [4.69, 9.17) is 0 Å². The quantitative estimate of drug-likeness (QED) is 0.797. The van der Waals surface area contributed by atoms with E-state index in [2.05, 4.69) is 22.4 Å². The Labute approximate surface area is 95.4 Å². The fourth-order valence-corrected chi connectivity index (χ4v) is 2.09. The summed E-state index contributed by atoms with van der Waals surface area (Å²) in [5.41, 5.74) is 0.628. The Morgan fingerprint density at radius 3 is 3.00 bits per heavy atom. The lowest BCUT2D eigenvalue weighted by Gasteiger charge is -2.19. The molecular weight excluding hydrogens is 204 g/mol. The summed E-state index contributed by atoms with van der Waals surface area (Å²) in [5, 5.41) is 6.93. The van der Waals surface area contributed by atoms with Crippen LogP contribution in [0.15, 0.2) is 12.4 Å². The van der Waals surface area contributed by atoms with Gasteiger partial charge in [-0.25, -0.2) is 0 Å². The fourth-order valence-electron chi connectivity index (χ4n) is 2.09. The summed E-state index contributed by atoms with van der Waals surface area (Å²) in [6.45, 7) is 1.86. The van der Waals surface area contributed by atoms with E-state index in [1.165, 1.54) is 12.8 Å². The van der Waals surface area contributed by atoms with Crippen molar-refractivity contribution in [2.45, 2.75) is 18.9 Å². The minimum absolute atomic E-state index is 0.0339. The summed E-state index contributed by atoms with van der Waals surface area (Å²) in [7, 11) is 3.91. The average Bonchev–Trinajstić information content (AvgIpc) is 2.84. The van der Waals surface area contributed by atoms with Crippen LogP contribution in [-0.2, 0) is 7.05 Å². The largest absolute Gasteiger partial charge is 0.350 e. The van der Waals surface area contributed by atoms with Gasteiger partial charge in [-0.2, -0.15) is 5.10 Å². The predicted molar refractivity (Wildman–Crippen MR) is 61.2 cm³/mol. The van der Waals surface area contributed by atoms with Crippen molar-refractivity contribution in [2.24, 2.45) is 7.05 Å². The van der Waals surface area contributed by atoms with Gasteiger partial charge in [0.2, 0.25) is 0 Å². The molecule has 0 aliphatic carbocycles. The van der Waals surface area contributed by atoms with Crippen LogP contribution in [0.4, 0.5) is 0 Å². The van der Waals surface area contributed by atoms with Crippen LogP contribution in [0, 0.1) is 0 Å². The van der Waals surface area contributed by atoms with Crippen molar-refractivity contribution in [2.75, 3.05) is 20.1 Å². The number of nitrogens with zero attached hydrogens (tertiary/aromatic N) is 3. The molecule has 1 unspecified atom stereocenters. The molecule has 1 saturated heterocycles. The number of carbonyl (C=O) groups is 1. The number of amides is 1. The Hall–Kier alpha value is -1.36. The van der Waals surface area contributed by atoms with Crippen LogP contribution in [0.1, 0.15) is 23.2 Å². The first-order chi connectivity index (χ1) is 7.66. The third-order valence-corrected chi connectivity index (χ3v) is 3.14. The van der Waals surface area contributed by atoms with Crippen LogP contribution < -0.4 is 5.32 Å². The van der Waals surface area contributed by atoms with E-state index in [0.717, 1.165) is 13.1 Å². The lowest BCUT2D eigenvalue weighted by Crippen LogP contribution is -2.38. The summed E-state index contributed by atoms with van der Waals surface area (Å²) < 4.78 is 1.64. The SMILES string of the molecule is CN1CCCC1CNC(=O)c1cnn(C)c1. The van der Waals surface area contributed by atoms with Gasteiger partial charge in [0.15, 0.2) is 0 Å². The van der Waals surface area contributed by atoms with Crippen LogP contribution in [0.2, 0.25) is 0 Å². The smallest absolute Gasteiger partial charge is 0.254 e. The first-order valence-corrected chi connectivity index (χ1v) is 5.64. The molecule has 88 valence electrons. The average molecular weight is 222 g/mol. The highest BCUT2D eigenvalue weighted by Gasteiger charge is 2.21. The van der Waals surface area contributed by atoms with Crippen molar-refractivity contribution in [1.82, 2.24) is 20.0 Å². The van der Waals surface area contributed by atoms with E-state index in [0.29, 0.717) is 11.6 Å². The maximum absolute atomic E-state index is 11.7. The van der Waals surface area contributed by atoms with Gasteiger partial charge in [-0.3, -0.25) is 9.48 Å². The fraction of sp³-hybridized carbons (Fsp3) is 0.636. The zero-order valence-electron chi connectivity index (χ0n) is 9.81. The molecule has 2 rings (SSSR count). The highest BCUT2D eigenvalue weighted by Crippen LogP contribution is 2.13. The lowest BCUT2D eigenvalue weighted by molar-refractivity contribution is 0.0943. The first-order valence-electron chi connectivity index (χ1n) is 5.64. The minimum Gasteiger partial charge on any atom is -0.350 e. The molecule has 1 N–H and O–H groups in total. The number of carbonyl (C=O) groups excluding carboxylic acids is 1. The normalized spacial score (nSPS) is 21.2. The molecule has 1 aromatic rings. The van der Waals surface area contributed by atoms with Crippen LogP contribution in [0.5, 0.6) is 0 Å². The van der Waals surface area contributed by atoms with E-state index >= 15 is 0 Å². The molecule has 16 heavy (non-hydrogen) atoms. The van der Waals surface area contributed by atoms with Gasteiger partial charge in [0.05, 0.1) is 11.8 Å². The molecule has 1 fully saturated rings. The minimum atomic E-state index is -0.0339. The van der Waals surface area contributed by atoms with E-state index < -0.39 is 0 Å². The van der Waals surface area contributed by atoms with Crippen LogP contribution >= 0.6 is 0 Å². The van der Waals surface area contributed by atoms with Crippen molar-refractivity contribution >= 4 is 5.91 Å². The molecule has 0 saturated carbocycles. The van der Waals surface area contributed by atoms with Gasteiger partial charge in [-0.1, -0.05) is 0 Å². The molecule has 5 nitrogen and oxygen atoms in total. The molecule has 0 aromatic carbocycles. The van der Waals surface area contributed by atoms with Crippen molar-refractivity contribution in [3.8, 4) is 0 Å². The van der Waals surface area contributed by atoms with Gasteiger partial charge in [-0.05, 0) is 26.4 Å². The topological polar surface area (TPSA) is 50.2 Å². The third-order valence-electron chi connectivity index (χ3n) is 3.14. The Balaban J connectivity index is 1.84. The first kappa shape index (κ1) is 11.1. The second kappa shape index (κ2) is 4.65. The van der Waals surface area contributed by atoms with Gasteiger partial charge in [0, 0.05) is 25.8 Å². The van der Waals surface area contributed by atoms with E-state index in [9.17, 15) is 4.79 Å². The van der Waals surface area contributed by atoms with Gasteiger partial charge in [0.1, 0.15) is 0 Å². The number of nitrogens with one attached hydrogen (secondary N) is 1. The Morgan fingerprint density at radius 2 is 2.44 bits per heavy atom. The van der Waals surface area contributed by atoms with Crippen molar-refractivity contribution in [1.29, 1.82) is 0 Å². The van der Waals surface area contributed by atoms with Gasteiger partial charge in [-0.15, -0.1) is 0 Å². The van der Waals surface area contributed by atoms with Gasteiger partial charge >= 0.3 is 0 Å². The van der Waals surface area contributed by atoms with E-state index in [1.54, 1.807) is 17.1 Å². The summed E-state index contributed by atoms with van der Waals surface area (Å²) in [4.78, 5) is 14.0. The maximum Gasteiger partial charge on any atom is 0.254 e. The Morgan fingerprint density at radius 1 is 1.62 bits per heavy atom. The molecule has 1 aromatic heterocycles. The number of rotatable bonds is 3. The van der Waals surface area contributed by atoms with E-state index in [1.807, 2.05) is 7.05 Å². The van der Waals surface area contributed by atoms with E-state index in [-0.39, 0.29) is 5.91 Å². The molecule has 1 aliphatic heterocycles. The number of likely N-dealkylation sites (tertiary alicyclic amines) is 1. The van der Waals surface area contributed by atoms with Crippen LogP contribution in [-0.4, -0.2) is 46.8 Å². The third kappa shape index (κ3) is 2.41. The summed E-state index contributed by atoms with van der Waals surface area (Å²) in [6.07, 6.45) is 5.72. The number of aromatic nitrogens is 2.